The van der Waals surface area contributed by atoms with Crippen molar-refractivity contribution in [2.75, 3.05) is 0 Å². The highest BCUT2D eigenvalue weighted by Crippen LogP contribution is 2.39. The van der Waals surface area contributed by atoms with Crippen LogP contribution in [0.15, 0.2) is 72.1 Å². The molecule has 3 aromatic carbocycles. The Hall–Kier alpha value is -3.45. The summed E-state index contributed by atoms with van der Waals surface area (Å²) in [6.45, 7) is 1.90. The van der Waals surface area contributed by atoms with Crippen molar-refractivity contribution in [3.8, 4) is 33.0 Å². The van der Waals surface area contributed by atoms with Crippen molar-refractivity contribution in [1.29, 1.82) is 0 Å². The predicted octanol–water partition coefficient (Wildman–Crippen LogP) is 7.17. The number of nitrogens with zero attached hydrogens (tertiary/aromatic N) is 1. The van der Waals surface area contributed by atoms with Crippen molar-refractivity contribution >= 4 is 17.3 Å². The van der Waals surface area contributed by atoms with E-state index in [2.05, 4.69) is 4.98 Å². The first-order chi connectivity index (χ1) is 14.8. The second-order valence-electron chi connectivity index (χ2n) is 6.96. The first-order valence-corrected chi connectivity index (χ1v) is 10.2. The van der Waals surface area contributed by atoms with Crippen molar-refractivity contribution in [3.63, 3.8) is 0 Å². The summed E-state index contributed by atoms with van der Waals surface area (Å²) < 4.78 is 40.1. The summed E-state index contributed by atoms with van der Waals surface area (Å²) in [6.07, 6.45) is -4.49. The number of aromatic nitrogens is 1. The molecule has 0 spiro atoms. The summed E-state index contributed by atoms with van der Waals surface area (Å²) in [5.41, 5.74) is 2.42. The molecule has 31 heavy (non-hydrogen) atoms. The molecule has 1 heterocycles. The van der Waals surface area contributed by atoms with E-state index in [1.54, 1.807) is 17.5 Å². The molecule has 0 saturated heterocycles. The summed E-state index contributed by atoms with van der Waals surface area (Å²) >= 11 is 1.17. The molecule has 156 valence electrons. The van der Waals surface area contributed by atoms with E-state index in [4.69, 9.17) is 0 Å². The Labute approximate surface area is 180 Å². The highest BCUT2D eigenvalue weighted by atomic mass is 32.1. The SMILES string of the molecule is Cc1ccccc1-c1ccc(-c2nc(-c3ccccc3C(F)(F)F)cs2)cc1C(=O)O. The molecule has 4 rings (SSSR count). The molecule has 0 aliphatic heterocycles. The fourth-order valence-electron chi connectivity index (χ4n) is 3.45. The number of alkyl halides is 3. The lowest BCUT2D eigenvalue weighted by molar-refractivity contribution is -0.137. The molecule has 0 radical (unpaired) electrons. The Bertz CT molecular complexity index is 1280. The van der Waals surface area contributed by atoms with Crippen molar-refractivity contribution in [2.24, 2.45) is 0 Å². The van der Waals surface area contributed by atoms with Gasteiger partial charge in [-0.1, -0.05) is 54.6 Å². The first kappa shape index (κ1) is 20.8. The number of carboxylic acids is 1. The van der Waals surface area contributed by atoms with Crippen LogP contribution >= 0.6 is 11.3 Å². The summed E-state index contributed by atoms with van der Waals surface area (Å²) in [4.78, 5) is 16.3. The van der Waals surface area contributed by atoms with Gasteiger partial charge in [0.15, 0.2) is 0 Å². The molecule has 1 aromatic heterocycles. The fraction of sp³-hybridized carbons (Fsp3) is 0.0833. The van der Waals surface area contributed by atoms with Crippen LogP contribution in [0.4, 0.5) is 13.2 Å². The molecule has 0 aliphatic carbocycles. The van der Waals surface area contributed by atoms with Gasteiger partial charge in [-0.3, -0.25) is 0 Å². The number of aryl methyl sites for hydroxylation is 1. The van der Waals surface area contributed by atoms with E-state index in [1.807, 2.05) is 31.2 Å². The van der Waals surface area contributed by atoms with Gasteiger partial charge in [0, 0.05) is 16.5 Å². The molecular weight excluding hydrogens is 423 g/mol. The molecular formula is C24H16F3NO2S. The van der Waals surface area contributed by atoms with Gasteiger partial charge in [-0.05, 0) is 35.7 Å². The highest BCUT2D eigenvalue weighted by molar-refractivity contribution is 7.13. The number of hydrogen-bond donors (Lipinski definition) is 1. The zero-order valence-corrected chi connectivity index (χ0v) is 17.1. The average Bonchev–Trinajstić information content (AvgIpc) is 3.23. The third kappa shape index (κ3) is 4.09. The van der Waals surface area contributed by atoms with Crippen LogP contribution in [0.1, 0.15) is 21.5 Å². The van der Waals surface area contributed by atoms with Crippen molar-refractivity contribution in [3.05, 3.63) is 88.8 Å². The number of hydrogen-bond acceptors (Lipinski definition) is 3. The van der Waals surface area contributed by atoms with Crippen LogP contribution in [0.25, 0.3) is 33.0 Å². The van der Waals surface area contributed by atoms with Gasteiger partial charge < -0.3 is 5.11 Å². The zero-order valence-electron chi connectivity index (χ0n) is 16.3. The molecule has 0 bridgehead atoms. The fourth-order valence-corrected chi connectivity index (χ4v) is 4.26. The van der Waals surface area contributed by atoms with Crippen LogP contribution in [0.5, 0.6) is 0 Å². The molecule has 0 atom stereocenters. The van der Waals surface area contributed by atoms with E-state index in [9.17, 15) is 23.1 Å². The van der Waals surface area contributed by atoms with Crippen LogP contribution in [0.3, 0.4) is 0 Å². The van der Waals surface area contributed by atoms with Gasteiger partial charge in [0.05, 0.1) is 16.8 Å². The minimum absolute atomic E-state index is 0.00696. The number of aromatic carboxylic acids is 1. The van der Waals surface area contributed by atoms with Gasteiger partial charge in [-0.15, -0.1) is 11.3 Å². The lowest BCUT2D eigenvalue weighted by Gasteiger charge is -2.11. The first-order valence-electron chi connectivity index (χ1n) is 9.31. The predicted molar refractivity (Wildman–Crippen MR) is 115 cm³/mol. The normalized spacial score (nSPS) is 11.5. The minimum atomic E-state index is -4.49. The van der Waals surface area contributed by atoms with Crippen LogP contribution in [0, 0.1) is 6.92 Å². The quantitative estimate of drug-likeness (QED) is 0.367. The van der Waals surface area contributed by atoms with Crippen LogP contribution in [0.2, 0.25) is 0 Å². The smallest absolute Gasteiger partial charge is 0.417 e. The molecule has 1 N–H and O–H groups in total. The Morgan fingerprint density at radius 3 is 2.29 bits per heavy atom. The second kappa shape index (κ2) is 8.00. The van der Waals surface area contributed by atoms with Crippen LogP contribution < -0.4 is 0 Å². The maximum atomic E-state index is 13.4. The zero-order chi connectivity index (χ0) is 22.2. The summed E-state index contributed by atoms with van der Waals surface area (Å²) in [7, 11) is 0. The summed E-state index contributed by atoms with van der Waals surface area (Å²) in [6, 6.07) is 17.7. The number of rotatable bonds is 4. The van der Waals surface area contributed by atoms with E-state index in [0.717, 1.165) is 17.2 Å². The maximum Gasteiger partial charge on any atom is 0.417 e. The molecule has 0 saturated carbocycles. The van der Waals surface area contributed by atoms with Gasteiger partial charge in [0.2, 0.25) is 0 Å². The van der Waals surface area contributed by atoms with Crippen molar-refractivity contribution in [1.82, 2.24) is 4.98 Å². The lowest BCUT2D eigenvalue weighted by atomic mass is 9.94. The number of halogens is 3. The molecule has 7 heteroatoms. The molecule has 0 aliphatic rings. The van der Waals surface area contributed by atoms with E-state index >= 15 is 0 Å². The molecule has 3 nitrogen and oxygen atoms in total. The highest BCUT2D eigenvalue weighted by Gasteiger charge is 2.33. The third-order valence-corrected chi connectivity index (χ3v) is 5.84. The summed E-state index contributed by atoms with van der Waals surface area (Å²) in [5.74, 6) is -1.08. The molecule has 0 unspecified atom stereocenters. The monoisotopic (exact) mass is 439 g/mol. The molecule has 0 fully saturated rings. The van der Waals surface area contributed by atoms with Gasteiger partial charge in [0.1, 0.15) is 5.01 Å². The number of benzene rings is 3. The van der Waals surface area contributed by atoms with E-state index < -0.39 is 17.7 Å². The van der Waals surface area contributed by atoms with Crippen LogP contribution in [-0.4, -0.2) is 16.1 Å². The van der Waals surface area contributed by atoms with E-state index in [-0.39, 0.29) is 16.8 Å². The van der Waals surface area contributed by atoms with Crippen molar-refractivity contribution < 1.29 is 23.1 Å². The Balaban J connectivity index is 1.78. The second-order valence-corrected chi connectivity index (χ2v) is 7.82. The maximum absolute atomic E-state index is 13.4. The van der Waals surface area contributed by atoms with Crippen molar-refractivity contribution in [2.45, 2.75) is 13.1 Å². The van der Waals surface area contributed by atoms with E-state index in [0.29, 0.717) is 16.1 Å². The number of carbonyl (C=O) groups is 1. The topological polar surface area (TPSA) is 50.2 Å². The van der Waals surface area contributed by atoms with Gasteiger partial charge in [0.25, 0.3) is 0 Å². The third-order valence-electron chi connectivity index (χ3n) is 4.94. The molecule has 0 amide bonds. The lowest BCUT2D eigenvalue weighted by Crippen LogP contribution is -2.06. The minimum Gasteiger partial charge on any atom is -0.478 e. The standard InChI is InChI=1S/C24H16F3NO2S/c1-14-6-2-3-7-16(14)17-11-10-15(12-19(17)23(29)30)22-28-21(13-31-22)18-8-4-5-9-20(18)24(25,26)27/h2-13H,1H3,(H,29,30). The Morgan fingerprint density at radius 1 is 0.935 bits per heavy atom. The van der Waals surface area contributed by atoms with Crippen LogP contribution in [-0.2, 0) is 6.18 Å². The summed E-state index contributed by atoms with van der Waals surface area (Å²) in [5, 5.41) is 11.8. The van der Waals surface area contributed by atoms with Gasteiger partial charge >= 0.3 is 12.1 Å². The van der Waals surface area contributed by atoms with Gasteiger partial charge in [-0.2, -0.15) is 13.2 Å². The average molecular weight is 439 g/mol. The number of carboxylic acid groups (broad SMARTS) is 1. The molecule has 4 aromatic rings. The Kier molecular flexibility index (Phi) is 5.37. The number of thiazole rings is 1. The Morgan fingerprint density at radius 2 is 1.61 bits per heavy atom. The van der Waals surface area contributed by atoms with Gasteiger partial charge in [-0.25, -0.2) is 9.78 Å². The van der Waals surface area contributed by atoms with E-state index in [1.165, 1.54) is 35.6 Å². The largest absolute Gasteiger partial charge is 0.478 e.